The third-order valence-electron chi connectivity index (χ3n) is 16.7. The number of carbonyl (C=O) groups is 3. The van der Waals surface area contributed by atoms with Gasteiger partial charge >= 0.3 is 11.9 Å². The van der Waals surface area contributed by atoms with Gasteiger partial charge in [0, 0.05) is 22.0 Å². The normalized spacial score (nSPS) is 49.8. The molecule has 0 bridgehead atoms. The quantitative estimate of drug-likeness (QED) is 0.224. The Morgan fingerprint density at radius 2 is 1.72 bits per heavy atom. The lowest BCUT2D eigenvalue weighted by atomic mass is 9.33. The number of ketones is 1. The van der Waals surface area contributed by atoms with Crippen LogP contribution in [-0.2, 0) is 38.1 Å². The van der Waals surface area contributed by atoms with E-state index in [2.05, 4.69) is 23.0 Å². The van der Waals surface area contributed by atoms with Crippen LogP contribution in [-0.4, -0.2) is 96.4 Å². The Bertz CT molecular complexity index is 1670. The lowest BCUT2D eigenvalue weighted by Gasteiger charge is -2.70. The molecule has 10 rings (SSSR count). The highest BCUT2D eigenvalue weighted by Gasteiger charge is 2.92. The Labute approximate surface area is 312 Å². The van der Waals surface area contributed by atoms with Crippen LogP contribution in [0, 0.1) is 45.8 Å². The van der Waals surface area contributed by atoms with Crippen molar-refractivity contribution in [2.45, 2.75) is 152 Å². The van der Waals surface area contributed by atoms with E-state index in [0.29, 0.717) is 31.3 Å². The summed E-state index contributed by atoms with van der Waals surface area (Å²) < 4.78 is 32.5. The van der Waals surface area contributed by atoms with Crippen LogP contribution in [0.2, 0.25) is 0 Å². The maximum absolute atomic E-state index is 15.1. The smallest absolute Gasteiger partial charge is 0.339 e. The van der Waals surface area contributed by atoms with Crippen LogP contribution < -0.4 is 0 Å². The monoisotopic (exact) mass is 732 g/mol. The molecule has 10 aliphatic rings. The summed E-state index contributed by atoms with van der Waals surface area (Å²) in [4.78, 5) is 51.1. The van der Waals surface area contributed by atoms with Crippen molar-refractivity contribution >= 4 is 29.8 Å². The fourth-order valence-corrected chi connectivity index (χ4v) is 14.8. The van der Waals surface area contributed by atoms with Gasteiger partial charge < -0.3 is 28.8 Å². The second-order valence-electron chi connectivity index (χ2n) is 19.1. The van der Waals surface area contributed by atoms with Crippen LogP contribution in [0.5, 0.6) is 0 Å². The Morgan fingerprint density at radius 1 is 0.925 bits per heavy atom. The average molecular weight is 733 g/mol. The second-order valence-corrected chi connectivity index (χ2v) is 19.1. The van der Waals surface area contributed by atoms with E-state index in [1.54, 1.807) is 6.34 Å². The zero-order valence-corrected chi connectivity index (χ0v) is 31.6. The van der Waals surface area contributed by atoms with Crippen LogP contribution in [0.1, 0.15) is 111 Å². The Balaban J connectivity index is 1.00. The number of ether oxygens (including phenoxy) is 5. The molecule has 11 heteroatoms. The van der Waals surface area contributed by atoms with E-state index in [9.17, 15) is 14.7 Å². The summed E-state index contributed by atoms with van der Waals surface area (Å²) in [6, 6.07) is 0. The molecule has 6 aliphatic heterocycles. The number of rotatable bonds is 6. The standard InChI is InChI=1S/C42H56N2O9/c1-38(2)33-32(46)34(47)41(25-7-5-4-6-8-25)29(40(33)21-50-31(45)19-30(40)52-38)15-17-39(3)35(51-37(48)36-42(39,41)53-36)26-16-18-49-28(26)14-11-23-9-12-24(13-10-23)27-20-43-22-44-27/h16,22-25,28-30,33-36,47H,4-15,17-21H2,1-3H3/t23?,24?,28?,29-,30+,33-,34-,35+,36-,39+,40+,41+,42-/m1/s1. The number of Topliss-reactive ketones (excluding diaryl/α,β-unsaturated/α-hetero) is 1. The first kappa shape index (κ1) is 35.0. The summed E-state index contributed by atoms with van der Waals surface area (Å²) in [6.45, 7) is 7.35. The maximum Gasteiger partial charge on any atom is 0.339 e. The number of aliphatic imine (C=N–C) groups is 2. The van der Waals surface area contributed by atoms with E-state index >= 15 is 4.79 Å². The number of aliphatic hydroxyl groups is 1. The molecular weight excluding hydrogens is 676 g/mol. The molecular formula is C42H56N2O9. The molecule has 11 nitrogen and oxygen atoms in total. The molecule has 0 aromatic heterocycles. The zero-order valence-electron chi connectivity index (χ0n) is 31.6. The molecule has 0 amide bonds. The highest BCUT2D eigenvalue weighted by molar-refractivity contribution is 5.98. The van der Waals surface area contributed by atoms with Gasteiger partial charge in [-0.1, -0.05) is 32.3 Å². The third kappa shape index (κ3) is 4.51. The largest absolute Gasteiger partial charge is 0.465 e. The number of fused-ring (bicyclic) bond motifs is 1. The van der Waals surface area contributed by atoms with E-state index in [0.717, 1.165) is 69.9 Å². The van der Waals surface area contributed by atoms with Crippen molar-refractivity contribution in [2.75, 3.05) is 19.8 Å². The van der Waals surface area contributed by atoms with Crippen molar-refractivity contribution in [3.05, 3.63) is 11.6 Å². The van der Waals surface area contributed by atoms with Gasteiger partial charge in [0.25, 0.3) is 0 Å². The molecule has 0 aromatic rings. The molecule has 11 atom stereocenters. The minimum absolute atomic E-state index is 0.0461. The Morgan fingerprint density at radius 3 is 2.47 bits per heavy atom. The van der Waals surface area contributed by atoms with Gasteiger partial charge in [0.05, 0.1) is 43.3 Å². The van der Waals surface area contributed by atoms with Crippen molar-refractivity contribution in [3.8, 4) is 0 Å². The van der Waals surface area contributed by atoms with E-state index < -0.39 is 63.8 Å². The van der Waals surface area contributed by atoms with E-state index in [-0.39, 0.29) is 42.7 Å². The van der Waals surface area contributed by atoms with Gasteiger partial charge in [-0.3, -0.25) is 14.6 Å². The lowest BCUT2D eigenvalue weighted by Crippen LogP contribution is -2.79. The van der Waals surface area contributed by atoms with Crippen LogP contribution in [0.25, 0.3) is 0 Å². The number of epoxide rings is 1. The molecule has 1 N–H and O–H groups in total. The number of nitrogens with zero attached hydrogens (tertiary/aromatic N) is 2. The first-order valence-corrected chi connectivity index (χ1v) is 20.8. The molecule has 4 aliphatic carbocycles. The van der Waals surface area contributed by atoms with Crippen LogP contribution >= 0.6 is 0 Å². The van der Waals surface area contributed by atoms with E-state index in [1.165, 1.54) is 18.6 Å². The predicted octanol–water partition coefficient (Wildman–Crippen LogP) is 5.10. The summed E-state index contributed by atoms with van der Waals surface area (Å²) in [5, 5.41) is 12.9. The molecule has 4 saturated carbocycles. The van der Waals surface area contributed by atoms with Crippen molar-refractivity contribution in [2.24, 2.45) is 55.8 Å². The zero-order chi connectivity index (χ0) is 36.5. The van der Waals surface area contributed by atoms with Gasteiger partial charge in [0.15, 0.2) is 11.9 Å². The molecule has 8 fully saturated rings. The van der Waals surface area contributed by atoms with Gasteiger partial charge in [0.1, 0.15) is 30.8 Å². The highest BCUT2D eigenvalue weighted by Crippen LogP contribution is 2.81. The first-order valence-electron chi connectivity index (χ1n) is 20.8. The molecule has 53 heavy (non-hydrogen) atoms. The predicted molar refractivity (Wildman–Crippen MR) is 192 cm³/mol. The Kier molecular flexibility index (Phi) is 7.93. The molecule has 0 aromatic carbocycles. The van der Waals surface area contributed by atoms with Crippen molar-refractivity contribution in [1.29, 1.82) is 0 Å². The van der Waals surface area contributed by atoms with Crippen LogP contribution in [0.4, 0.5) is 0 Å². The van der Waals surface area contributed by atoms with E-state index in [1.807, 2.05) is 13.8 Å². The SMILES string of the molecule is CC1(C)O[C@H]2CC(=O)OC[C@@]23[C@@H]1C(=O)[C@@H](O)[C@]1(C2CCCCC2)[C@@H]3CC[C@@]2(C)[C@H](C3=CCOC3CCC3CCC(C4=NC=NC4)CC3)OC(=O)[C@H]3O[C@@]312. The molecule has 2 spiro atoms. The molecule has 6 heterocycles. The topological polar surface area (TPSA) is 146 Å². The lowest BCUT2D eigenvalue weighted by molar-refractivity contribution is -0.272. The molecule has 0 radical (unpaired) electrons. The van der Waals surface area contributed by atoms with Gasteiger partial charge in [-0.05, 0) is 107 Å². The average Bonchev–Trinajstić information content (AvgIpc) is 3.43. The summed E-state index contributed by atoms with van der Waals surface area (Å²) in [7, 11) is 0. The molecule has 288 valence electrons. The number of carbonyl (C=O) groups excluding carboxylic acids is 3. The van der Waals surface area contributed by atoms with Crippen LogP contribution in [0.3, 0.4) is 0 Å². The summed E-state index contributed by atoms with van der Waals surface area (Å²) >= 11 is 0. The summed E-state index contributed by atoms with van der Waals surface area (Å²) in [5.74, 6) is -0.745. The summed E-state index contributed by atoms with van der Waals surface area (Å²) in [6.07, 6.45) is 13.1. The van der Waals surface area contributed by atoms with Gasteiger partial charge in [0.2, 0.25) is 0 Å². The van der Waals surface area contributed by atoms with Crippen LogP contribution in [0.15, 0.2) is 21.6 Å². The number of hydrogen-bond donors (Lipinski definition) is 1. The number of esters is 2. The minimum atomic E-state index is -1.34. The molecule has 4 saturated heterocycles. The van der Waals surface area contributed by atoms with Gasteiger partial charge in [-0.2, -0.15) is 0 Å². The van der Waals surface area contributed by atoms with Gasteiger partial charge in [-0.25, -0.2) is 9.79 Å². The number of hydrogen-bond acceptors (Lipinski definition) is 11. The molecule has 1 unspecified atom stereocenters. The maximum atomic E-state index is 15.1. The number of aliphatic hydroxyl groups excluding tert-OH is 1. The fourth-order valence-electron chi connectivity index (χ4n) is 14.8. The van der Waals surface area contributed by atoms with Crippen molar-refractivity contribution in [3.63, 3.8) is 0 Å². The second kappa shape index (κ2) is 12.0. The third-order valence-corrected chi connectivity index (χ3v) is 16.7. The van der Waals surface area contributed by atoms with Gasteiger partial charge in [-0.15, -0.1) is 0 Å². The van der Waals surface area contributed by atoms with Crippen molar-refractivity contribution < 1.29 is 43.2 Å². The first-order chi connectivity index (χ1) is 25.5. The van der Waals surface area contributed by atoms with Crippen molar-refractivity contribution in [1.82, 2.24) is 0 Å². The Hall–Kier alpha value is -2.47. The number of cyclic esters (lactones) is 2. The minimum Gasteiger partial charge on any atom is -0.465 e. The highest BCUT2D eigenvalue weighted by atomic mass is 16.7. The van der Waals surface area contributed by atoms with E-state index in [4.69, 9.17) is 23.7 Å². The fraction of sp³-hybridized carbons (Fsp3) is 0.833. The summed E-state index contributed by atoms with van der Waals surface area (Å²) in [5.41, 5.74) is -2.34.